The number of aryl methyl sites for hydroxylation is 1. The summed E-state index contributed by atoms with van der Waals surface area (Å²) in [6.45, 7) is 0. The van der Waals surface area contributed by atoms with Crippen LogP contribution in [0.1, 0.15) is 12.0 Å². The highest BCUT2D eigenvalue weighted by Gasteiger charge is 2.20. The van der Waals surface area contributed by atoms with Crippen LogP contribution in [0.15, 0.2) is 34.9 Å². The van der Waals surface area contributed by atoms with Crippen LogP contribution in [0.25, 0.3) is 11.0 Å². The first-order chi connectivity index (χ1) is 8.59. The molecule has 1 N–H and O–H groups in total. The minimum absolute atomic E-state index is 0.460. The average Bonchev–Trinajstić information content (AvgIpc) is 2.72. The Morgan fingerprint density at radius 2 is 2.11 bits per heavy atom. The molecule has 1 aromatic heterocycles. The third-order valence-corrected chi connectivity index (χ3v) is 3.16. The van der Waals surface area contributed by atoms with E-state index in [2.05, 4.69) is 0 Å². The van der Waals surface area contributed by atoms with Gasteiger partial charge in [-0.2, -0.15) is 0 Å². The van der Waals surface area contributed by atoms with E-state index in [1.807, 2.05) is 24.3 Å². The fourth-order valence-electron chi connectivity index (χ4n) is 2.12. The number of likely N-dealkylation sites (N-methyl/N-ethyl adjacent to an activating group) is 1. The maximum Gasteiger partial charge on any atom is 0.320 e. The summed E-state index contributed by atoms with van der Waals surface area (Å²) < 4.78 is 5.44. The number of carboxylic acids is 1. The van der Waals surface area contributed by atoms with Crippen molar-refractivity contribution in [3.8, 4) is 0 Å². The van der Waals surface area contributed by atoms with Crippen LogP contribution in [0.2, 0.25) is 0 Å². The van der Waals surface area contributed by atoms with Gasteiger partial charge in [-0.25, -0.2) is 0 Å². The standard InChI is InChI=1S/C14H17NO3/c1-15(2)12(14(16)17)8-7-10-9-18-13-6-4-3-5-11(10)13/h3-6,9,12H,7-8H2,1-2H3,(H,16,17). The number of carbonyl (C=O) groups is 1. The minimum atomic E-state index is -0.784. The van der Waals surface area contributed by atoms with Gasteiger partial charge in [0.15, 0.2) is 0 Å². The smallest absolute Gasteiger partial charge is 0.320 e. The first-order valence-electron chi connectivity index (χ1n) is 5.94. The Kier molecular flexibility index (Phi) is 3.67. The van der Waals surface area contributed by atoms with Crippen LogP contribution < -0.4 is 0 Å². The van der Waals surface area contributed by atoms with E-state index in [1.165, 1.54) is 0 Å². The van der Waals surface area contributed by atoms with Crippen molar-refractivity contribution >= 4 is 16.9 Å². The molecule has 96 valence electrons. The van der Waals surface area contributed by atoms with Gasteiger partial charge in [0.25, 0.3) is 0 Å². The van der Waals surface area contributed by atoms with Crippen molar-refractivity contribution in [2.75, 3.05) is 14.1 Å². The molecular weight excluding hydrogens is 230 g/mol. The maximum atomic E-state index is 11.1. The molecule has 0 aliphatic heterocycles. The van der Waals surface area contributed by atoms with E-state index in [9.17, 15) is 4.79 Å². The number of hydrogen-bond donors (Lipinski definition) is 1. The van der Waals surface area contributed by atoms with E-state index in [0.717, 1.165) is 16.5 Å². The van der Waals surface area contributed by atoms with Gasteiger partial charge in [-0.15, -0.1) is 0 Å². The molecular formula is C14H17NO3. The van der Waals surface area contributed by atoms with Gasteiger partial charge in [-0.1, -0.05) is 18.2 Å². The van der Waals surface area contributed by atoms with E-state index in [0.29, 0.717) is 12.8 Å². The number of furan rings is 1. The van der Waals surface area contributed by atoms with Crippen molar-refractivity contribution in [1.29, 1.82) is 0 Å². The average molecular weight is 247 g/mol. The molecule has 1 heterocycles. The molecule has 2 rings (SSSR count). The quantitative estimate of drug-likeness (QED) is 0.881. The Hall–Kier alpha value is -1.81. The second-order valence-electron chi connectivity index (χ2n) is 4.61. The van der Waals surface area contributed by atoms with Crippen LogP contribution in [0.4, 0.5) is 0 Å². The zero-order valence-corrected chi connectivity index (χ0v) is 10.6. The highest BCUT2D eigenvalue weighted by atomic mass is 16.4. The second-order valence-corrected chi connectivity index (χ2v) is 4.61. The SMILES string of the molecule is CN(C)C(CCc1coc2ccccc12)C(=O)O. The lowest BCUT2D eigenvalue weighted by atomic mass is 10.0. The predicted octanol–water partition coefficient (Wildman–Crippen LogP) is 2.38. The summed E-state index contributed by atoms with van der Waals surface area (Å²) in [4.78, 5) is 12.8. The van der Waals surface area contributed by atoms with Gasteiger partial charge in [-0.3, -0.25) is 9.69 Å². The van der Waals surface area contributed by atoms with Gasteiger partial charge in [0.2, 0.25) is 0 Å². The van der Waals surface area contributed by atoms with Crippen molar-refractivity contribution in [2.24, 2.45) is 0 Å². The van der Waals surface area contributed by atoms with Gasteiger partial charge < -0.3 is 9.52 Å². The number of rotatable bonds is 5. The summed E-state index contributed by atoms with van der Waals surface area (Å²) in [6, 6.07) is 7.34. The van der Waals surface area contributed by atoms with Crippen molar-refractivity contribution in [1.82, 2.24) is 4.90 Å². The topological polar surface area (TPSA) is 53.7 Å². The van der Waals surface area contributed by atoms with Gasteiger partial charge in [-0.05, 0) is 38.6 Å². The highest BCUT2D eigenvalue weighted by Crippen LogP contribution is 2.22. The predicted molar refractivity (Wildman–Crippen MR) is 69.6 cm³/mol. The Morgan fingerprint density at radius 1 is 1.39 bits per heavy atom. The number of aliphatic carboxylic acids is 1. The number of carboxylic acid groups (broad SMARTS) is 1. The van der Waals surface area contributed by atoms with Gasteiger partial charge in [0.1, 0.15) is 11.6 Å². The van der Waals surface area contributed by atoms with Crippen molar-refractivity contribution in [2.45, 2.75) is 18.9 Å². The number of nitrogens with zero attached hydrogens (tertiary/aromatic N) is 1. The summed E-state index contributed by atoms with van der Waals surface area (Å²) in [5.74, 6) is -0.784. The molecule has 1 atom stereocenters. The number of hydrogen-bond acceptors (Lipinski definition) is 3. The minimum Gasteiger partial charge on any atom is -0.480 e. The monoisotopic (exact) mass is 247 g/mol. The van der Waals surface area contributed by atoms with E-state index in [1.54, 1.807) is 25.3 Å². The summed E-state index contributed by atoms with van der Waals surface area (Å²) in [5, 5.41) is 10.2. The van der Waals surface area contributed by atoms with Gasteiger partial charge in [0.05, 0.1) is 6.26 Å². The van der Waals surface area contributed by atoms with E-state index >= 15 is 0 Å². The van der Waals surface area contributed by atoms with E-state index < -0.39 is 12.0 Å². The van der Waals surface area contributed by atoms with Crippen LogP contribution in [-0.4, -0.2) is 36.1 Å². The summed E-state index contributed by atoms with van der Waals surface area (Å²) in [6.07, 6.45) is 3.00. The molecule has 1 aromatic carbocycles. The molecule has 18 heavy (non-hydrogen) atoms. The summed E-state index contributed by atoms with van der Waals surface area (Å²) in [5.41, 5.74) is 1.92. The molecule has 0 saturated heterocycles. The van der Waals surface area contributed by atoms with Crippen molar-refractivity contribution in [3.63, 3.8) is 0 Å². The molecule has 2 aromatic rings. The lowest BCUT2D eigenvalue weighted by Gasteiger charge is -2.19. The maximum absolute atomic E-state index is 11.1. The Labute approximate surface area is 106 Å². The lowest BCUT2D eigenvalue weighted by molar-refractivity contribution is -0.142. The van der Waals surface area contributed by atoms with Crippen LogP contribution in [0.3, 0.4) is 0 Å². The molecule has 0 bridgehead atoms. The normalized spacial score (nSPS) is 13.1. The van der Waals surface area contributed by atoms with Crippen molar-refractivity contribution < 1.29 is 14.3 Å². The summed E-state index contributed by atoms with van der Waals surface area (Å²) >= 11 is 0. The number of fused-ring (bicyclic) bond motifs is 1. The zero-order chi connectivity index (χ0) is 13.1. The molecule has 0 spiro atoms. The van der Waals surface area contributed by atoms with Crippen LogP contribution in [0.5, 0.6) is 0 Å². The lowest BCUT2D eigenvalue weighted by Crippen LogP contribution is -2.35. The third-order valence-electron chi connectivity index (χ3n) is 3.16. The van der Waals surface area contributed by atoms with Crippen LogP contribution >= 0.6 is 0 Å². The molecule has 0 aliphatic carbocycles. The molecule has 0 radical (unpaired) electrons. The van der Waals surface area contributed by atoms with E-state index in [-0.39, 0.29) is 0 Å². The van der Waals surface area contributed by atoms with E-state index in [4.69, 9.17) is 9.52 Å². The summed E-state index contributed by atoms with van der Waals surface area (Å²) in [7, 11) is 3.57. The molecule has 0 fully saturated rings. The number of benzene rings is 1. The highest BCUT2D eigenvalue weighted by molar-refractivity contribution is 5.81. The molecule has 0 amide bonds. The Bertz CT molecular complexity index is 545. The largest absolute Gasteiger partial charge is 0.480 e. The Balaban J connectivity index is 2.12. The fraction of sp³-hybridized carbons (Fsp3) is 0.357. The first-order valence-corrected chi connectivity index (χ1v) is 5.94. The molecule has 1 unspecified atom stereocenters. The molecule has 4 nitrogen and oxygen atoms in total. The Morgan fingerprint density at radius 3 is 2.78 bits per heavy atom. The fourth-order valence-corrected chi connectivity index (χ4v) is 2.12. The van der Waals surface area contributed by atoms with Crippen LogP contribution in [-0.2, 0) is 11.2 Å². The molecule has 4 heteroatoms. The van der Waals surface area contributed by atoms with Crippen molar-refractivity contribution in [3.05, 3.63) is 36.1 Å². The number of para-hydroxylation sites is 1. The van der Waals surface area contributed by atoms with Gasteiger partial charge >= 0.3 is 5.97 Å². The van der Waals surface area contributed by atoms with Gasteiger partial charge in [0, 0.05) is 5.39 Å². The van der Waals surface area contributed by atoms with Crippen LogP contribution in [0, 0.1) is 0 Å². The molecule has 0 aliphatic rings. The zero-order valence-electron chi connectivity index (χ0n) is 10.6. The first kappa shape index (κ1) is 12.6. The third kappa shape index (κ3) is 2.54. The molecule has 0 saturated carbocycles. The second kappa shape index (κ2) is 5.23.